The number of benzene rings is 3. The number of aryl methyl sites for hydroxylation is 1. The molecule has 0 saturated heterocycles. The molecule has 0 aromatic heterocycles. The normalized spacial score (nSPS) is 12.8. The van der Waals surface area contributed by atoms with E-state index in [0.29, 0.717) is 16.8 Å². The summed E-state index contributed by atoms with van der Waals surface area (Å²) in [5.41, 5.74) is 3.90. The summed E-state index contributed by atoms with van der Waals surface area (Å²) in [6.07, 6.45) is 0.205. The van der Waals surface area contributed by atoms with Crippen LogP contribution in [0.3, 0.4) is 0 Å². The van der Waals surface area contributed by atoms with Gasteiger partial charge in [-0.15, -0.1) is 0 Å². The molecule has 0 saturated carbocycles. The fourth-order valence-electron chi connectivity index (χ4n) is 3.28. The Morgan fingerprint density at radius 1 is 0.821 bits per heavy atom. The van der Waals surface area contributed by atoms with Crippen molar-refractivity contribution in [2.24, 2.45) is 0 Å². The third-order valence-electron chi connectivity index (χ3n) is 4.77. The van der Waals surface area contributed by atoms with Crippen LogP contribution in [0.1, 0.15) is 31.8 Å². The number of nitrogens with zero attached hydrogens (tertiary/aromatic N) is 1. The van der Waals surface area contributed by atoms with Crippen LogP contribution < -0.4 is 10.2 Å². The van der Waals surface area contributed by atoms with Crippen molar-refractivity contribution in [2.45, 2.75) is 13.3 Å². The van der Waals surface area contributed by atoms with Crippen LogP contribution in [0.15, 0.2) is 72.8 Å². The maximum absolute atomic E-state index is 12.5. The summed E-state index contributed by atoms with van der Waals surface area (Å²) < 4.78 is 0. The van der Waals surface area contributed by atoms with Crippen molar-refractivity contribution < 1.29 is 14.4 Å². The minimum atomic E-state index is -0.328. The monoisotopic (exact) mass is 370 g/mol. The van der Waals surface area contributed by atoms with Gasteiger partial charge in [0.05, 0.1) is 23.2 Å². The van der Waals surface area contributed by atoms with Crippen LogP contribution >= 0.6 is 0 Å². The predicted octanol–water partition coefficient (Wildman–Crippen LogP) is 3.98. The molecule has 0 bridgehead atoms. The molecule has 0 fully saturated rings. The first-order valence-electron chi connectivity index (χ1n) is 8.97. The molecule has 1 heterocycles. The zero-order valence-electron chi connectivity index (χ0n) is 15.3. The van der Waals surface area contributed by atoms with Crippen molar-refractivity contribution in [3.63, 3.8) is 0 Å². The highest BCUT2D eigenvalue weighted by molar-refractivity contribution is 6.34. The molecule has 3 amide bonds. The SMILES string of the molecule is Cc1ccccc1NC(=O)Cc1ccc(N2C(=O)c3ccccc3C2=O)cc1. The fraction of sp³-hybridized carbons (Fsp3) is 0.0870. The summed E-state index contributed by atoms with van der Waals surface area (Å²) in [5, 5.41) is 2.90. The van der Waals surface area contributed by atoms with Gasteiger partial charge in [-0.3, -0.25) is 14.4 Å². The van der Waals surface area contributed by atoms with Crippen molar-refractivity contribution in [1.82, 2.24) is 0 Å². The molecule has 0 spiro atoms. The van der Waals surface area contributed by atoms with E-state index in [1.807, 2.05) is 31.2 Å². The van der Waals surface area contributed by atoms with Gasteiger partial charge < -0.3 is 5.32 Å². The molecular formula is C23H18N2O3. The van der Waals surface area contributed by atoms with Crippen molar-refractivity contribution in [1.29, 1.82) is 0 Å². The molecule has 3 aromatic rings. The quantitative estimate of drug-likeness (QED) is 0.707. The molecule has 5 nitrogen and oxygen atoms in total. The number of anilines is 2. The average Bonchev–Trinajstić information content (AvgIpc) is 2.95. The van der Waals surface area contributed by atoms with E-state index >= 15 is 0 Å². The molecule has 1 aliphatic rings. The third-order valence-corrected chi connectivity index (χ3v) is 4.77. The number of amides is 3. The number of para-hydroxylation sites is 1. The molecule has 0 unspecified atom stereocenters. The molecular weight excluding hydrogens is 352 g/mol. The molecule has 0 radical (unpaired) electrons. The first kappa shape index (κ1) is 17.7. The number of hydrogen-bond donors (Lipinski definition) is 1. The number of carbonyl (C=O) groups is 3. The van der Waals surface area contributed by atoms with E-state index in [0.717, 1.165) is 16.8 Å². The van der Waals surface area contributed by atoms with Crippen LogP contribution in [0.5, 0.6) is 0 Å². The summed E-state index contributed by atoms with van der Waals surface area (Å²) in [5.74, 6) is -0.779. The molecule has 1 aliphatic heterocycles. The van der Waals surface area contributed by atoms with Gasteiger partial charge in [0.15, 0.2) is 0 Å². The Bertz CT molecular complexity index is 1050. The Morgan fingerprint density at radius 2 is 1.39 bits per heavy atom. The molecule has 4 rings (SSSR count). The summed E-state index contributed by atoms with van der Waals surface area (Å²) in [6, 6.07) is 21.3. The van der Waals surface area contributed by atoms with Gasteiger partial charge in [0.25, 0.3) is 11.8 Å². The largest absolute Gasteiger partial charge is 0.326 e. The maximum Gasteiger partial charge on any atom is 0.266 e. The first-order valence-corrected chi connectivity index (χ1v) is 8.97. The third kappa shape index (κ3) is 3.18. The van der Waals surface area contributed by atoms with Gasteiger partial charge in [0, 0.05) is 5.69 Å². The topological polar surface area (TPSA) is 66.5 Å². The second-order valence-corrected chi connectivity index (χ2v) is 6.70. The average molecular weight is 370 g/mol. The molecule has 28 heavy (non-hydrogen) atoms. The summed E-state index contributed by atoms with van der Waals surface area (Å²) in [6.45, 7) is 1.94. The van der Waals surface area contributed by atoms with E-state index in [4.69, 9.17) is 0 Å². The second-order valence-electron chi connectivity index (χ2n) is 6.70. The van der Waals surface area contributed by atoms with E-state index in [-0.39, 0.29) is 24.1 Å². The standard InChI is InChI=1S/C23H18N2O3/c1-15-6-2-5-9-20(15)24-21(26)14-16-10-12-17(13-11-16)25-22(27)18-7-3-4-8-19(18)23(25)28/h2-13H,14H2,1H3,(H,24,26). The lowest BCUT2D eigenvalue weighted by atomic mass is 10.1. The van der Waals surface area contributed by atoms with Crippen LogP contribution in [-0.4, -0.2) is 17.7 Å². The summed E-state index contributed by atoms with van der Waals surface area (Å²) in [7, 11) is 0. The number of hydrogen-bond acceptors (Lipinski definition) is 3. The van der Waals surface area contributed by atoms with Crippen LogP contribution in [0.2, 0.25) is 0 Å². The predicted molar refractivity (Wildman–Crippen MR) is 108 cm³/mol. The van der Waals surface area contributed by atoms with E-state index in [1.54, 1.807) is 48.5 Å². The summed E-state index contributed by atoms with van der Waals surface area (Å²) in [4.78, 5) is 38.6. The van der Waals surface area contributed by atoms with Crippen molar-refractivity contribution in [3.05, 3.63) is 95.1 Å². The number of imide groups is 1. The molecule has 1 N–H and O–H groups in total. The number of nitrogens with one attached hydrogen (secondary N) is 1. The van der Waals surface area contributed by atoms with Crippen molar-refractivity contribution >= 4 is 29.1 Å². The minimum Gasteiger partial charge on any atom is -0.326 e. The molecule has 138 valence electrons. The second kappa shape index (κ2) is 7.12. The van der Waals surface area contributed by atoms with Crippen LogP contribution in [0.25, 0.3) is 0 Å². The highest BCUT2D eigenvalue weighted by Gasteiger charge is 2.36. The van der Waals surface area contributed by atoms with E-state index in [2.05, 4.69) is 5.32 Å². The lowest BCUT2D eigenvalue weighted by Gasteiger charge is -2.14. The van der Waals surface area contributed by atoms with Gasteiger partial charge in [-0.05, 0) is 48.4 Å². The minimum absolute atomic E-state index is 0.122. The van der Waals surface area contributed by atoms with Crippen LogP contribution in [-0.2, 0) is 11.2 Å². The Morgan fingerprint density at radius 3 is 2.00 bits per heavy atom. The van der Waals surface area contributed by atoms with Gasteiger partial charge >= 0.3 is 0 Å². The number of carbonyl (C=O) groups excluding carboxylic acids is 3. The Hall–Kier alpha value is -3.73. The zero-order valence-corrected chi connectivity index (χ0v) is 15.3. The van der Waals surface area contributed by atoms with Crippen LogP contribution in [0, 0.1) is 6.92 Å². The molecule has 0 aliphatic carbocycles. The van der Waals surface area contributed by atoms with E-state index in [1.165, 1.54) is 4.90 Å². The van der Waals surface area contributed by atoms with Gasteiger partial charge in [0.2, 0.25) is 5.91 Å². The zero-order chi connectivity index (χ0) is 19.7. The molecule has 3 aromatic carbocycles. The van der Waals surface area contributed by atoms with Crippen LogP contribution in [0.4, 0.5) is 11.4 Å². The van der Waals surface area contributed by atoms with Gasteiger partial charge in [-0.25, -0.2) is 4.90 Å². The summed E-state index contributed by atoms with van der Waals surface area (Å²) >= 11 is 0. The number of rotatable bonds is 4. The van der Waals surface area contributed by atoms with Crippen molar-refractivity contribution in [2.75, 3.05) is 10.2 Å². The Labute approximate surface area is 162 Å². The van der Waals surface area contributed by atoms with Crippen molar-refractivity contribution in [3.8, 4) is 0 Å². The van der Waals surface area contributed by atoms with E-state index in [9.17, 15) is 14.4 Å². The Balaban J connectivity index is 1.48. The van der Waals surface area contributed by atoms with Gasteiger partial charge in [-0.2, -0.15) is 0 Å². The van der Waals surface area contributed by atoms with E-state index < -0.39 is 0 Å². The first-order chi connectivity index (χ1) is 13.5. The van der Waals surface area contributed by atoms with Gasteiger partial charge in [0.1, 0.15) is 0 Å². The fourth-order valence-corrected chi connectivity index (χ4v) is 3.28. The maximum atomic E-state index is 12.5. The molecule has 5 heteroatoms. The molecule has 0 atom stereocenters. The highest BCUT2D eigenvalue weighted by Crippen LogP contribution is 2.28. The Kier molecular flexibility index (Phi) is 4.49. The van der Waals surface area contributed by atoms with Gasteiger partial charge in [-0.1, -0.05) is 42.5 Å². The lowest BCUT2D eigenvalue weighted by Crippen LogP contribution is -2.29. The highest BCUT2D eigenvalue weighted by atomic mass is 16.2. The lowest BCUT2D eigenvalue weighted by molar-refractivity contribution is -0.115. The number of fused-ring (bicyclic) bond motifs is 1. The smallest absolute Gasteiger partial charge is 0.266 e.